The number of benzene rings is 1. The Morgan fingerprint density at radius 2 is 1.92 bits per heavy atom. The van der Waals surface area contributed by atoms with Crippen LogP contribution in [0.5, 0.6) is 0 Å². The minimum Gasteiger partial charge on any atom is -0.377 e. The Balaban J connectivity index is 2.25. The maximum absolute atomic E-state index is 5.47. The lowest BCUT2D eigenvalue weighted by molar-refractivity contribution is 0.122. The second-order valence-corrected chi connectivity index (χ2v) is 3.87. The van der Waals surface area contributed by atoms with E-state index in [-0.39, 0.29) is 0 Å². The van der Waals surface area contributed by atoms with Crippen molar-refractivity contribution in [2.45, 2.75) is 20.0 Å². The first-order chi connectivity index (χ1) is 6.33. The van der Waals surface area contributed by atoms with Crippen molar-refractivity contribution in [2.24, 2.45) is 0 Å². The molecule has 2 heteroatoms. The van der Waals surface area contributed by atoms with Crippen LogP contribution in [0.4, 0.5) is 0 Å². The number of hydrogen-bond acceptors (Lipinski definition) is 1. The molecule has 0 bridgehead atoms. The van der Waals surface area contributed by atoms with Gasteiger partial charge in [0.25, 0.3) is 0 Å². The predicted octanol–water partition coefficient (Wildman–Crippen LogP) is 3.30. The van der Waals surface area contributed by atoms with Crippen LogP contribution < -0.4 is 0 Å². The van der Waals surface area contributed by atoms with Gasteiger partial charge in [0.2, 0.25) is 0 Å². The monoisotopic (exact) mass is 242 g/mol. The van der Waals surface area contributed by atoms with Gasteiger partial charge in [-0.25, -0.2) is 0 Å². The summed E-state index contributed by atoms with van der Waals surface area (Å²) in [6.45, 7) is 3.65. The molecule has 0 atom stereocenters. The van der Waals surface area contributed by atoms with Crippen molar-refractivity contribution < 1.29 is 4.74 Å². The Bertz CT molecular complexity index is 230. The molecule has 1 rings (SSSR count). The number of hydrogen-bond donors (Lipinski definition) is 0. The van der Waals surface area contributed by atoms with Gasteiger partial charge < -0.3 is 4.74 Å². The van der Waals surface area contributed by atoms with Crippen molar-refractivity contribution in [3.8, 4) is 0 Å². The van der Waals surface area contributed by atoms with E-state index < -0.39 is 0 Å². The van der Waals surface area contributed by atoms with Crippen molar-refractivity contribution in [3.63, 3.8) is 0 Å². The van der Waals surface area contributed by atoms with Gasteiger partial charge in [0.1, 0.15) is 0 Å². The first-order valence-corrected chi connectivity index (χ1v) is 5.64. The van der Waals surface area contributed by atoms with E-state index in [4.69, 9.17) is 4.74 Å². The van der Waals surface area contributed by atoms with E-state index in [2.05, 4.69) is 47.1 Å². The van der Waals surface area contributed by atoms with Gasteiger partial charge in [0.15, 0.2) is 0 Å². The fraction of sp³-hybridized carbons (Fsp3) is 0.455. The van der Waals surface area contributed by atoms with Gasteiger partial charge >= 0.3 is 0 Å². The Hall–Kier alpha value is -0.340. The molecule has 0 aliphatic heterocycles. The van der Waals surface area contributed by atoms with E-state index in [0.717, 1.165) is 25.0 Å². The second kappa shape index (κ2) is 6.17. The third kappa shape index (κ3) is 4.44. The van der Waals surface area contributed by atoms with Gasteiger partial charge in [-0.05, 0) is 18.9 Å². The zero-order valence-corrected chi connectivity index (χ0v) is 9.51. The van der Waals surface area contributed by atoms with E-state index in [9.17, 15) is 0 Å². The molecule has 0 radical (unpaired) electrons. The van der Waals surface area contributed by atoms with E-state index in [1.807, 2.05) is 0 Å². The lowest BCUT2D eigenvalue weighted by atomic mass is 10.2. The largest absolute Gasteiger partial charge is 0.377 e. The molecular weight excluding hydrogens is 228 g/mol. The SMILES string of the molecule is Cc1ccc(COCCCBr)cc1. The molecule has 0 aliphatic rings. The summed E-state index contributed by atoms with van der Waals surface area (Å²) in [6, 6.07) is 8.46. The van der Waals surface area contributed by atoms with Crippen LogP contribution in [0.25, 0.3) is 0 Å². The highest BCUT2D eigenvalue weighted by atomic mass is 79.9. The van der Waals surface area contributed by atoms with E-state index in [1.54, 1.807) is 0 Å². The van der Waals surface area contributed by atoms with Crippen LogP contribution in [0, 0.1) is 6.92 Å². The molecule has 0 spiro atoms. The Labute approximate surface area is 88.2 Å². The van der Waals surface area contributed by atoms with Gasteiger partial charge in [-0.2, -0.15) is 0 Å². The molecule has 1 nitrogen and oxygen atoms in total. The third-order valence-corrected chi connectivity index (χ3v) is 2.37. The number of ether oxygens (including phenoxy) is 1. The number of aryl methyl sites for hydroxylation is 1. The zero-order chi connectivity index (χ0) is 9.52. The molecule has 0 fully saturated rings. The molecule has 0 aromatic heterocycles. The summed E-state index contributed by atoms with van der Waals surface area (Å²) in [5.41, 5.74) is 2.55. The van der Waals surface area contributed by atoms with Crippen LogP contribution in [0.3, 0.4) is 0 Å². The highest BCUT2D eigenvalue weighted by Crippen LogP contribution is 2.04. The highest BCUT2D eigenvalue weighted by molar-refractivity contribution is 9.09. The Kier molecular flexibility index (Phi) is 5.09. The lowest BCUT2D eigenvalue weighted by Crippen LogP contribution is -1.95. The molecule has 0 heterocycles. The van der Waals surface area contributed by atoms with Crippen LogP contribution in [-0.2, 0) is 11.3 Å². The van der Waals surface area contributed by atoms with Crippen molar-refractivity contribution in [1.82, 2.24) is 0 Å². The summed E-state index contributed by atoms with van der Waals surface area (Å²) in [5, 5.41) is 1.01. The molecule has 1 aromatic carbocycles. The fourth-order valence-electron chi connectivity index (χ4n) is 1.03. The molecule has 0 saturated carbocycles. The Morgan fingerprint density at radius 1 is 1.23 bits per heavy atom. The minimum absolute atomic E-state index is 0.729. The van der Waals surface area contributed by atoms with Crippen molar-refractivity contribution in [1.29, 1.82) is 0 Å². The van der Waals surface area contributed by atoms with Crippen LogP contribution in [-0.4, -0.2) is 11.9 Å². The summed E-state index contributed by atoms with van der Waals surface area (Å²) >= 11 is 3.37. The van der Waals surface area contributed by atoms with Gasteiger partial charge in [-0.3, -0.25) is 0 Å². The van der Waals surface area contributed by atoms with Gasteiger partial charge in [-0.1, -0.05) is 45.8 Å². The third-order valence-electron chi connectivity index (χ3n) is 1.81. The zero-order valence-electron chi connectivity index (χ0n) is 7.92. The molecule has 0 unspecified atom stereocenters. The maximum atomic E-state index is 5.47. The highest BCUT2D eigenvalue weighted by Gasteiger charge is 1.92. The molecular formula is C11H15BrO. The first kappa shape index (κ1) is 10.7. The smallest absolute Gasteiger partial charge is 0.0716 e. The fourth-order valence-corrected chi connectivity index (χ4v) is 1.26. The molecule has 0 aliphatic carbocycles. The topological polar surface area (TPSA) is 9.23 Å². The average molecular weight is 243 g/mol. The van der Waals surface area contributed by atoms with Gasteiger partial charge in [0.05, 0.1) is 6.61 Å². The predicted molar refractivity (Wildman–Crippen MR) is 59.2 cm³/mol. The number of halogens is 1. The van der Waals surface area contributed by atoms with E-state index in [1.165, 1.54) is 11.1 Å². The quantitative estimate of drug-likeness (QED) is 0.569. The normalized spacial score (nSPS) is 10.3. The summed E-state index contributed by atoms with van der Waals surface area (Å²) in [7, 11) is 0. The minimum atomic E-state index is 0.729. The van der Waals surface area contributed by atoms with Crippen molar-refractivity contribution >= 4 is 15.9 Å². The summed E-state index contributed by atoms with van der Waals surface area (Å²) in [6.07, 6.45) is 1.08. The Morgan fingerprint density at radius 3 is 2.54 bits per heavy atom. The second-order valence-electron chi connectivity index (χ2n) is 3.08. The molecule has 0 N–H and O–H groups in total. The molecule has 13 heavy (non-hydrogen) atoms. The average Bonchev–Trinajstić information content (AvgIpc) is 2.15. The van der Waals surface area contributed by atoms with Crippen molar-refractivity contribution in [2.75, 3.05) is 11.9 Å². The van der Waals surface area contributed by atoms with Crippen LogP contribution >= 0.6 is 15.9 Å². The van der Waals surface area contributed by atoms with Crippen LogP contribution in [0.2, 0.25) is 0 Å². The van der Waals surface area contributed by atoms with E-state index in [0.29, 0.717) is 0 Å². The summed E-state index contributed by atoms with van der Waals surface area (Å²) < 4.78 is 5.47. The molecule has 0 saturated heterocycles. The van der Waals surface area contributed by atoms with Crippen LogP contribution in [0.15, 0.2) is 24.3 Å². The van der Waals surface area contributed by atoms with E-state index >= 15 is 0 Å². The van der Waals surface area contributed by atoms with Gasteiger partial charge in [-0.15, -0.1) is 0 Å². The maximum Gasteiger partial charge on any atom is 0.0716 e. The standard InChI is InChI=1S/C11H15BrO/c1-10-3-5-11(6-4-10)9-13-8-2-7-12/h3-6H,2,7-9H2,1H3. The molecule has 72 valence electrons. The van der Waals surface area contributed by atoms with Gasteiger partial charge in [0, 0.05) is 11.9 Å². The first-order valence-electron chi connectivity index (χ1n) is 4.52. The number of rotatable bonds is 5. The van der Waals surface area contributed by atoms with Crippen molar-refractivity contribution in [3.05, 3.63) is 35.4 Å². The molecule has 1 aromatic rings. The lowest BCUT2D eigenvalue weighted by Gasteiger charge is -2.03. The summed E-state index contributed by atoms with van der Waals surface area (Å²) in [5.74, 6) is 0. The van der Waals surface area contributed by atoms with Crippen LogP contribution in [0.1, 0.15) is 17.5 Å². The number of alkyl halides is 1. The summed E-state index contributed by atoms with van der Waals surface area (Å²) in [4.78, 5) is 0. The molecule has 0 amide bonds.